The number of rotatable bonds is 5. The van der Waals surface area contributed by atoms with Gasteiger partial charge in [-0.2, -0.15) is 0 Å². The summed E-state index contributed by atoms with van der Waals surface area (Å²) in [5, 5.41) is 0. The molecule has 1 fully saturated rings. The largest absolute Gasteiger partial charge is 0.368 e. The number of ether oxygens (including phenoxy) is 1. The van der Waals surface area contributed by atoms with E-state index in [1.807, 2.05) is 6.92 Å². The summed E-state index contributed by atoms with van der Waals surface area (Å²) >= 11 is 4.82. The predicted octanol–water partition coefficient (Wildman–Crippen LogP) is 2.55. The average Bonchev–Trinajstić information content (AvgIpc) is 2.54. The van der Waals surface area contributed by atoms with Crippen LogP contribution in [0, 0.1) is 0 Å². The van der Waals surface area contributed by atoms with Crippen molar-refractivity contribution in [3.05, 3.63) is 11.9 Å². The molecule has 5 nitrogen and oxygen atoms in total. The van der Waals surface area contributed by atoms with Crippen LogP contribution >= 0.6 is 13.9 Å². The normalized spacial score (nSPS) is 32.8. The molecule has 4 atom stereocenters. The third-order valence-electron chi connectivity index (χ3n) is 2.45. The van der Waals surface area contributed by atoms with Gasteiger partial charge in [0.1, 0.15) is 13.2 Å². The summed E-state index contributed by atoms with van der Waals surface area (Å²) in [4.78, 5) is 9.66. The van der Waals surface area contributed by atoms with Crippen LogP contribution in [-0.4, -0.2) is 43.6 Å². The fraction of sp³-hybridized carbons (Fsp3) is 0.800. The summed E-state index contributed by atoms with van der Waals surface area (Å²) < 4.78 is 27.4. The number of hydrogen-bond donors (Lipinski definition) is 1. The van der Waals surface area contributed by atoms with Crippen molar-refractivity contribution in [1.82, 2.24) is 0 Å². The van der Waals surface area contributed by atoms with E-state index in [1.165, 1.54) is 7.11 Å². The Labute approximate surface area is 113 Å². The predicted molar refractivity (Wildman–Crippen MR) is 75.9 cm³/mol. The van der Waals surface area contributed by atoms with Gasteiger partial charge in [-0.1, -0.05) is 0 Å². The van der Waals surface area contributed by atoms with Gasteiger partial charge in [0.15, 0.2) is 0 Å². The molecule has 106 valence electrons. The van der Waals surface area contributed by atoms with Crippen molar-refractivity contribution in [1.29, 1.82) is 0 Å². The molecule has 1 rings (SSSR count). The molecule has 1 N–H and O–H groups in total. The highest BCUT2D eigenvalue weighted by atomic mass is 32.5. The second-order valence-corrected chi connectivity index (χ2v) is 10.8. The van der Waals surface area contributed by atoms with Gasteiger partial charge in [-0.05, 0) is 44.0 Å². The van der Waals surface area contributed by atoms with E-state index in [0.717, 1.165) is 0 Å². The molecule has 0 spiro atoms. The summed E-state index contributed by atoms with van der Waals surface area (Å²) in [5.74, 6) is 1.64. The molecule has 0 aromatic heterocycles. The fourth-order valence-electron chi connectivity index (χ4n) is 1.65. The molecule has 0 amide bonds. The van der Waals surface area contributed by atoms with Crippen molar-refractivity contribution in [3.8, 4) is 0 Å². The second-order valence-electron chi connectivity index (χ2n) is 4.72. The van der Waals surface area contributed by atoms with E-state index in [-0.39, 0.29) is 18.3 Å². The van der Waals surface area contributed by atoms with Gasteiger partial charge >= 0.3 is 6.72 Å². The first-order chi connectivity index (χ1) is 8.13. The Kier molecular flexibility index (Phi) is 5.76. The number of hydrogen-bond acceptors (Lipinski definition) is 5. The maximum absolute atomic E-state index is 11.6. The molecule has 1 aliphatic rings. The third kappa shape index (κ3) is 5.62. The smallest absolute Gasteiger partial charge is 0.324 e. The summed E-state index contributed by atoms with van der Waals surface area (Å²) in [5.41, 5.74) is 0. The molecule has 1 unspecified atom stereocenters. The molecule has 8 heteroatoms. The molecular weight excluding hydrogens is 294 g/mol. The monoisotopic (exact) mass is 314 g/mol. The highest BCUT2D eigenvalue weighted by Gasteiger charge is 2.35. The van der Waals surface area contributed by atoms with Crippen LogP contribution in [-0.2, 0) is 30.2 Å². The van der Waals surface area contributed by atoms with E-state index < -0.39 is 13.9 Å². The van der Waals surface area contributed by atoms with Crippen LogP contribution in [0.2, 0.25) is 0 Å². The van der Waals surface area contributed by atoms with E-state index in [1.54, 1.807) is 25.2 Å². The Hall–Kier alpha value is 0.460. The zero-order valence-electron chi connectivity index (χ0n) is 11.0. The lowest BCUT2D eigenvalue weighted by Gasteiger charge is -2.20. The van der Waals surface area contributed by atoms with E-state index >= 15 is 0 Å². The Balaban J connectivity index is 2.74. The minimum Gasteiger partial charge on any atom is -0.368 e. The maximum Gasteiger partial charge on any atom is 0.324 e. The van der Waals surface area contributed by atoms with Crippen LogP contribution in [0.5, 0.6) is 0 Å². The maximum atomic E-state index is 11.6. The first kappa shape index (κ1) is 16.5. The summed E-state index contributed by atoms with van der Waals surface area (Å²) in [7, 11) is -0.933. The Bertz CT molecular complexity index is 405. The third-order valence-corrected chi connectivity index (χ3v) is 5.05. The highest BCUT2D eigenvalue weighted by molar-refractivity contribution is 8.07. The summed E-state index contributed by atoms with van der Waals surface area (Å²) in [6.07, 6.45) is 1.63. The lowest BCUT2D eigenvalue weighted by atomic mass is 10.1. The van der Waals surface area contributed by atoms with Gasteiger partial charge in [-0.15, -0.1) is 0 Å². The zero-order chi connectivity index (χ0) is 14.0. The van der Waals surface area contributed by atoms with Crippen LogP contribution < -0.4 is 0 Å². The van der Waals surface area contributed by atoms with E-state index in [4.69, 9.17) is 25.6 Å². The molecule has 18 heavy (non-hydrogen) atoms. The molecule has 0 radical (unpaired) electrons. The SMILES string of the molecule is COP(O)(=S)O[C@H]1C[C@H](C)O[C@@H]1/C=C/P(C)(C)=O. The van der Waals surface area contributed by atoms with Crippen molar-refractivity contribution in [2.24, 2.45) is 0 Å². The summed E-state index contributed by atoms with van der Waals surface area (Å²) in [6, 6.07) is 0. The van der Waals surface area contributed by atoms with Crippen molar-refractivity contribution in [3.63, 3.8) is 0 Å². The van der Waals surface area contributed by atoms with Crippen molar-refractivity contribution in [2.45, 2.75) is 31.7 Å². The van der Waals surface area contributed by atoms with Gasteiger partial charge in [0, 0.05) is 13.5 Å². The minimum atomic E-state index is -3.20. The van der Waals surface area contributed by atoms with Crippen LogP contribution in [0.1, 0.15) is 13.3 Å². The first-order valence-corrected chi connectivity index (χ1v) is 10.9. The Morgan fingerprint density at radius 3 is 2.61 bits per heavy atom. The lowest BCUT2D eigenvalue weighted by Crippen LogP contribution is -2.21. The molecule has 0 aromatic rings. The molecular formula is C10H20O5P2S. The Morgan fingerprint density at radius 2 is 2.11 bits per heavy atom. The minimum absolute atomic E-state index is 0.00426. The molecule has 1 aliphatic heterocycles. The second kappa shape index (κ2) is 6.27. The van der Waals surface area contributed by atoms with Gasteiger partial charge in [0.05, 0.1) is 12.2 Å². The topological polar surface area (TPSA) is 65.0 Å². The van der Waals surface area contributed by atoms with Gasteiger partial charge < -0.3 is 23.2 Å². The van der Waals surface area contributed by atoms with E-state index in [0.29, 0.717) is 6.42 Å². The van der Waals surface area contributed by atoms with E-state index in [2.05, 4.69) is 0 Å². The standard InChI is InChI=1S/C10H20O5P2S/c1-8-7-10(15-17(12,18)13-2)9(14-8)5-6-16(3,4)11/h5-6,8-10H,7H2,1-4H3,(H,12,18)/b6-5+/t8-,9+,10-,17?/m0/s1. The lowest BCUT2D eigenvalue weighted by molar-refractivity contribution is 0.0486. The van der Waals surface area contributed by atoms with Gasteiger partial charge in [-0.25, -0.2) is 0 Å². The zero-order valence-corrected chi connectivity index (χ0v) is 13.6. The van der Waals surface area contributed by atoms with E-state index in [9.17, 15) is 9.46 Å². The van der Waals surface area contributed by atoms with Crippen molar-refractivity contribution in [2.75, 3.05) is 20.4 Å². The van der Waals surface area contributed by atoms with Gasteiger partial charge in [0.25, 0.3) is 0 Å². The molecule has 1 saturated heterocycles. The quantitative estimate of drug-likeness (QED) is 0.787. The van der Waals surface area contributed by atoms with Crippen LogP contribution in [0.25, 0.3) is 0 Å². The first-order valence-electron chi connectivity index (χ1n) is 5.59. The van der Waals surface area contributed by atoms with Gasteiger partial charge in [-0.3, -0.25) is 0 Å². The van der Waals surface area contributed by atoms with Crippen LogP contribution in [0.4, 0.5) is 0 Å². The highest BCUT2D eigenvalue weighted by Crippen LogP contribution is 2.47. The van der Waals surface area contributed by atoms with Crippen molar-refractivity contribution < 1.29 is 23.2 Å². The molecule has 0 aliphatic carbocycles. The molecule has 0 bridgehead atoms. The fourth-order valence-corrected chi connectivity index (χ4v) is 3.20. The van der Waals surface area contributed by atoms with Crippen LogP contribution in [0.15, 0.2) is 11.9 Å². The van der Waals surface area contributed by atoms with Crippen LogP contribution in [0.3, 0.4) is 0 Å². The molecule has 0 saturated carbocycles. The average molecular weight is 314 g/mol. The molecule has 1 heterocycles. The van der Waals surface area contributed by atoms with Crippen molar-refractivity contribution >= 4 is 25.7 Å². The van der Waals surface area contributed by atoms with Gasteiger partial charge in [0.2, 0.25) is 0 Å². The molecule has 0 aromatic carbocycles. The Morgan fingerprint density at radius 1 is 1.50 bits per heavy atom. The summed E-state index contributed by atoms with van der Waals surface area (Å²) in [6.45, 7) is 2.05.